The van der Waals surface area contributed by atoms with Crippen molar-refractivity contribution in [3.63, 3.8) is 0 Å². The molecule has 4 aromatic rings. The third-order valence-corrected chi connectivity index (χ3v) is 5.21. The third kappa shape index (κ3) is 3.95. The fourth-order valence-corrected chi connectivity index (χ4v) is 3.94. The Morgan fingerprint density at radius 3 is 2.45 bits per heavy atom. The van der Waals surface area contributed by atoms with Gasteiger partial charge in [0, 0.05) is 27.5 Å². The number of fused-ring (bicyclic) bond motifs is 1. The molecule has 3 N–H and O–H groups in total. The van der Waals surface area contributed by atoms with Crippen LogP contribution < -0.4 is 15.8 Å². The molecule has 1 amide bonds. The fourth-order valence-electron chi connectivity index (χ4n) is 3.42. The number of hydrogen-bond donors (Lipinski definition) is 2. The number of ether oxygens (including phenoxy) is 1. The molecular weight excluding hydrogens is 437 g/mol. The van der Waals surface area contributed by atoms with E-state index in [-0.39, 0.29) is 22.7 Å². The second kappa shape index (κ2) is 8.34. The lowest BCUT2D eigenvalue weighted by molar-refractivity contribution is 0.102. The van der Waals surface area contributed by atoms with Crippen molar-refractivity contribution in [3.05, 3.63) is 93.7 Å². The molecule has 2 aromatic heterocycles. The second-order valence-corrected chi connectivity index (χ2v) is 7.64. The van der Waals surface area contributed by atoms with Crippen LogP contribution in [0.4, 0.5) is 11.4 Å². The first-order valence-corrected chi connectivity index (χ1v) is 9.99. The minimum absolute atomic E-state index is 0.0737. The molecule has 6 nitrogen and oxygen atoms in total. The van der Waals surface area contributed by atoms with E-state index in [2.05, 4.69) is 5.32 Å². The molecule has 0 saturated heterocycles. The van der Waals surface area contributed by atoms with E-state index in [1.54, 1.807) is 71.3 Å². The van der Waals surface area contributed by atoms with Gasteiger partial charge < -0.3 is 20.2 Å². The van der Waals surface area contributed by atoms with Crippen LogP contribution in [0.1, 0.15) is 26.4 Å². The number of carbonyl (C=O) groups excluding carboxylic acids is 2. The van der Waals surface area contributed by atoms with E-state index in [1.807, 2.05) is 0 Å². The number of methoxy groups -OCH3 is 1. The smallest absolute Gasteiger partial charge is 0.259 e. The van der Waals surface area contributed by atoms with Crippen LogP contribution in [0.3, 0.4) is 0 Å². The van der Waals surface area contributed by atoms with Crippen molar-refractivity contribution in [1.82, 2.24) is 4.40 Å². The first-order chi connectivity index (χ1) is 14.9. The van der Waals surface area contributed by atoms with Crippen molar-refractivity contribution in [3.8, 4) is 5.75 Å². The zero-order valence-corrected chi connectivity index (χ0v) is 17.9. The van der Waals surface area contributed by atoms with Crippen LogP contribution in [-0.4, -0.2) is 23.2 Å². The minimum atomic E-state index is -0.482. The molecule has 0 unspecified atom stereocenters. The molecular formula is C23H17Cl2N3O3. The quantitative estimate of drug-likeness (QED) is 0.400. The number of carbonyl (C=O) groups is 2. The Bertz CT molecular complexity index is 1310. The highest BCUT2D eigenvalue weighted by Gasteiger charge is 2.26. The lowest BCUT2D eigenvalue weighted by Gasteiger charge is -2.07. The van der Waals surface area contributed by atoms with Gasteiger partial charge in [-0.15, -0.1) is 0 Å². The number of nitrogen functional groups attached to an aromatic ring is 1. The van der Waals surface area contributed by atoms with Crippen molar-refractivity contribution < 1.29 is 14.3 Å². The molecule has 0 radical (unpaired) electrons. The van der Waals surface area contributed by atoms with Gasteiger partial charge in [0.2, 0.25) is 5.78 Å². The predicted molar refractivity (Wildman–Crippen MR) is 123 cm³/mol. The SMILES string of the molecule is COc1cccc(C(=O)c2c(N)c(C(=O)Nc3cc(Cl)cc(Cl)c3)c3ccccn23)c1. The molecule has 0 spiro atoms. The van der Waals surface area contributed by atoms with Gasteiger partial charge in [-0.25, -0.2) is 0 Å². The van der Waals surface area contributed by atoms with Gasteiger partial charge in [-0.05, 0) is 42.5 Å². The van der Waals surface area contributed by atoms with E-state index in [0.717, 1.165) is 0 Å². The summed E-state index contributed by atoms with van der Waals surface area (Å²) in [7, 11) is 1.52. The van der Waals surface area contributed by atoms with Gasteiger partial charge in [-0.1, -0.05) is 41.4 Å². The number of ketones is 1. The van der Waals surface area contributed by atoms with Gasteiger partial charge in [0.05, 0.1) is 23.9 Å². The molecule has 2 heterocycles. The highest BCUT2D eigenvalue weighted by molar-refractivity contribution is 6.35. The van der Waals surface area contributed by atoms with Crippen LogP contribution in [0.5, 0.6) is 5.75 Å². The maximum absolute atomic E-state index is 13.3. The van der Waals surface area contributed by atoms with Gasteiger partial charge >= 0.3 is 0 Å². The molecule has 0 aliphatic carbocycles. The number of halogens is 2. The Labute approximate surface area is 188 Å². The van der Waals surface area contributed by atoms with Crippen LogP contribution in [0.2, 0.25) is 10.0 Å². The normalized spacial score (nSPS) is 10.8. The molecule has 8 heteroatoms. The zero-order chi connectivity index (χ0) is 22.1. The largest absolute Gasteiger partial charge is 0.497 e. The monoisotopic (exact) mass is 453 g/mol. The summed E-state index contributed by atoms with van der Waals surface area (Å²) in [6.07, 6.45) is 1.69. The van der Waals surface area contributed by atoms with Crippen LogP contribution in [0.15, 0.2) is 66.9 Å². The molecule has 0 fully saturated rings. The van der Waals surface area contributed by atoms with Gasteiger partial charge in [0.1, 0.15) is 11.4 Å². The fraction of sp³-hybridized carbons (Fsp3) is 0.0435. The van der Waals surface area contributed by atoms with Crippen molar-refractivity contribution in [2.75, 3.05) is 18.2 Å². The Balaban J connectivity index is 1.81. The standard InChI is InChI=1S/C23H17Cl2N3O3/c1-31-17-6-4-5-13(9-17)22(29)21-20(26)19(18-7-2-3-8-28(18)21)23(30)27-16-11-14(24)10-15(25)12-16/h2-12H,26H2,1H3,(H,27,30). The molecule has 2 aromatic carbocycles. The Morgan fingerprint density at radius 1 is 1.00 bits per heavy atom. The number of aromatic nitrogens is 1. The number of nitrogens with zero attached hydrogens (tertiary/aromatic N) is 1. The van der Waals surface area contributed by atoms with Gasteiger partial charge in [-0.2, -0.15) is 0 Å². The van der Waals surface area contributed by atoms with Crippen LogP contribution in [0.25, 0.3) is 5.52 Å². The maximum atomic E-state index is 13.3. The van der Waals surface area contributed by atoms with Crippen LogP contribution >= 0.6 is 23.2 Å². The molecule has 156 valence electrons. The molecule has 0 aliphatic heterocycles. The van der Waals surface area contributed by atoms with E-state index in [1.165, 1.54) is 7.11 Å². The van der Waals surface area contributed by atoms with Crippen molar-refractivity contribution >= 4 is 51.8 Å². The Kier molecular flexibility index (Phi) is 5.59. The summed E-state index contributed by atoms with van der Waals surface area (Å²) in [6, 6.07) is 16.7. The first kappa shape index (κ1) is 20.8. The van der Waals surface area contributed by atoms with Gasteiger partial charge in [0.15, 0.2) is 0 Å². The number of rotatable bonds is 5. The zero-order valence-electron chi connectivity index (χ0n) is 16.4. The lowest BCUT2D eigenvalue weighted by atomic mass is 10.1. The van der Waals surface area contributed by atoms with Gasteiger partial charge in [0.25, 0.3) is 5.91 Å². The summed E-state index contributed by atoms with van der Waals surface area (Å²) in [5.74, 6) is -0.271. The highest BCUT2D eigenvalue weighted by atomic mass is 35.5. The van der Waals surface area contributed by atoms with E-state index in [9.17, 15) is 9.59 Å². The predicted octanol–water partition coefficient (Wildman–Crippen LogP) is 5.32. The Hall–Kier alpha value is -3.48. The molecule has 4 rings (SSSR count). The summed E-state index contributed by atoms with van der Waals surface area (Å²) in [4.78, 5) is 26.4. The molecule has 0 atom stereocenters. The number of benzene rings is 2. The molecule has 0 aliphatic rings. The van der Waals surface area contributed by atoms with Gasteiger partial charge in [-0.3, -0.25) is 9.59 Å². The number of anilines is 2. The third-order valence-electron chi connectivity index (χ3n) is 4.78. The van der Waals surface area contributed by atoms with Crippen molar-refractivity contribution in [2.45, 2.75) is 0 Å². The number of nitrogens with one attached hydrogen (secondary N) is 1. The topological polar surface area (TPSA) is 85.8 Å². The van der Waals surface area contributed by atoms with E-state index in [0.29, 0.717) is 32.6 Å². The van der Waals surface area contributed by atoms with E-state index in [4.69, 9.17) is 33.7 Å². The highest BCUT2D eigenvalue weighted by Crippen LogP contribution is 2.30. The number of hydrogen-bond acceptors (Lipinski definition) is 4. The second-order valence-electron chi connectivity index (χ2n) is 6.77. The summed E-state index contributed by atoms with van der Waals surface area (Å²) >= 11 is 12.0. The Morgan fingerprint density at radius 2 is 1.74 bits per heavy atom. The lowest BCUT2D eigenvalue weighted by Crippen LogP contribution is -2.14. The molecule has 0 saturated carbocycles. The summed E-state index contributed by atoms with van der Waals surface area (Å²) in [5.41, 5.74) is 8.11. The number of nitrogens with two attached hydrogens (primary N) is 1. The van der Waals surface area contributed by atoms with Crippen LogP contribution in [0, 0.1) is 0 Å². The number of amides is 1. The summed E-state index contributed by atoms with van der Waals surface area (Å²) < 4.78 is 6.82. The van der Waals surface area contributed by atoms with Crippen molar-refractivity contribution in [1.29, 1.82) is 0 Å². The first-order valence-electron chi connectivity index (χ1n) is 9.23. The average molecular weight is 454 g/mol. The maximum Gasteiger partial charge on any atom is 0.259 e. The van der Waals surface area contributed by atoms with Crippen LogP contribution in [-0.2, 0) is 0 Å². The van der Waals surface area contributed by atoms with E-state index >= 15 is 0 Å². The number of pyridine rings is 1. The summed E-state index contributed by atoms with van der Waals surface area (Å²) in [5, 5.41) is 3.51. The molecule has 0 bridgehead atoms. The minimum Gasteiger partial charge on any atom is -0.497 e. The van der Waals surface area contributed by atoms with Crippen molar-refractivity contribution in [2.24, 2.45) is 0 Å². The molecule has 31 heavy (non-hydrogen) atoms. The summed E-state index contributed by atoms with van der Waals surface area (Å²) in [6.45, 7) is 0. The van der Waals surface area contributed by atoms with E-state index < -0.39 is 5.91 Å². The average Bonchev–Trinajstić information content (AvgIpc) is 3.04.